The van der Waals surface area contributed by atoms with E-state index in [0.717, 1.165) is 19.3 Å². The van der Waals surface area contributed by atoms with Crippen molar-refractivity contribution in [2.75, 3.05) is 13.2 Å². The maximum absolute atomic E-state index is 12.2. The van der Waals surface area contributed by atoms with E-state index in [0.29, 0.717) is 13.2 Å². The number of ether oxygens (including phenoxy) is 1. The fraction of sp³-hybridized carbons (Fsp3) is 0.900. The topological polar surface area (TPSA) is 35.5 Å². The number of rotatable bonds is 0. The molecule has 2 rings (SSSR count). The van der Waals surface area contributed by atoms with Crippen LogP contribution >= 0.6 is 12.0 Å². The van der Waals surface area contributed by atoms with Crippen molar-refractivity contribution in [3.63, 3.8) is 0 Å². The minimum Gasteiger partial charge on any atom is -0.365 e. The fourth-order valence-electron chi connectivity index (χ4n) is 2.07. The molecule has 1 atom stereocenters. The quantitative estimate of drug-likeness (QED) is 0.580. The highest BCUT2D eigenvalue weighted by molar-refractivity contribution is 7.96. The monoisotopic (exact) mass is 216 g/mol. The molecule has 1 unspecified atom stereocenters. The Balaban J connectivity index is 2.21. The Labute approximate surface area is 88.7 Å². The Bertz CT molecular complexity index is 238. The molecule has 0 aromatic rings. The summed E-state index contributed by atoms with van der Waals surface area (Å²) in [5.41, 5.74) is -0.632. The lowest BCUT2D eigenvalue weighted by molar-refractivity contribution is -0.160. The molecule has 2 heterocycles. The van der Waals surface area contributed by atoms with Crippen LogP contribution in [-0.4, -0.2) is 29.3 Å². The molecule has 0 aromatic carbocycles. The van der Waals surface area contributed by atoms with E-state index in [4.69, 9.17) is 8.92 Å². The highest BCUT2D eigenvalue weighted by atomic mass is 32.2. The van der Waals surface area contributed by atoms with Gasteiger partial charge in [-0.3, -0.25) is 4.79 Å². The Hall–Kier alpha value is -0.0600. The van der Waals surface area contributed by atoms with Crippen molar-refractivity contribution in [1.82, 2.24) is 0 Å². The van der Waals surface area contributed by atoms with Crippen LogP contribution in [0.3, 0.4) is 0 Å². The first-order chi connectivity index (χ1) is 6.57. The first-order valence-corrected chi connectivity index (χ1v) is 5.81. The number of hydrogen-bond donors (Lipinski definition) is 0. The highest BCUT2D eigenvalue weighted by Gasteiger charge is 2.52. The summed E-state index contributed by atoms with van der Waals surface area (Å²) >= 11 is 1.27. The number of ketones is 1. The summed E-state index contributed by atoms with van der Waals surface area (Å²) in [6.45, 7) is 4.91. The van der Waals surface area contributed by atoms with Crippen molar-refractivity contribution in [2.45, 2.75) is 43.5 Å². The average Bonchev–Trinajstić information content (AvgIpc) is 2.16. The number of carbonyl (C=O) groups is 1. The maximum atomic E-state index is 12.2. The molecule has 2 aliphatic heterocycles. The van der Waals surface area contributed by atoms with Gasteiger partial charge in [0.15, 0.2) is 11.4 Å². The summed E-state index contributed by atoms with van der Waals surface area (Å²) in [6.07, 6.45) is 2.94. The molecular weight excluding hydrogens is 200 g/mol. The number of hydrogen-bond acceptors (Lipinski definition) is 4. The Morgan fingerprint density at radius 1 is 1.36 bits per heavy atom. The van der Waals surface area contributed by atoms with Crippen molar-refractivity contribution in [3.8, 4) is 0 Å². The molecule has 0 aromatic heterocycles. The van der Waals surface area contributed by atoms with Gasteiger partial charge in [0.25, 0.3) is 0 Å². The first kappa shape index (κ1) is 10.5. The van der Waals surface area contributed by atoms with E-state index in [1.165, 1.54) is 12.0 Å². The van der Waals surface area contributed by atoms with E-state index in [9.17, 15) is 4.79 Å². The van der Waals surface area contributed by atoms with Crippen LogP contribution in [0.4, 0.5) is 0 Å². The fourth-order valence-corrected chi connectivity index (χ4v) is 2.87. The molecule has 80 valence electrons. The van der Waals surface area contributed by atoms with Crippen molar-refractivity contribution in [3.05, 3.63) is 0 Å². The van der Waals surface area contributed by atoms with E-state index in [1.807, 2.05) is 13.8 Å². The zero-order valence-corrected chi connectivity index (χ0v) is 9.49. The maximum Gasteiger partial charge on any atom is 0.184 e. The molecule has 0 saturated carbocycles. The molecule has 3 nitrogen and oxygen atoms in total. The van der Waals surface area contributed by atoms with Crippen molar-refractivity contribution < 1.29 is 13.7 Å². The average molecular weight is 216 g/mol. The molecular formula is C10H16O3S. The van der Waals surface area contributed by atoms with Gasteiger partial charge in [-0.1, -0.05) is 0 Å². The van der Waals surface area contributed by atoms with E-state index in [1.54, 1.807) is 0 Å². The zero-order valence-electron chi connectivity index (χ0n) is 8.67. The first-order valence-electron chi connectivity index (χ1n) is 5.06. The second-order valence-corrected chi connectivity index (χ2v) is 5.91. The van der Waals surface area contributed by atoms with Crippen LogP contribution < -0.4 is 0 Å². The van der Waals surface area contributed by atoms with Crippen molar-refractivity contribution in [1.29, 1.82) is 0 Å². The summed E-state index contributed by atoms with van der Waals surface area (Å²) in [6, 6.07) is 0. The van der Waals surface area contributed by atoms with Crippen LogP contribution in [0.1, 0.15) is 33.1 Å². The van der Waals surface area contributed by atoms with Gasteiger partial charge >= 0.3 is 0 Å². The van der Waals surface area contributed by atoms with Gasteiger partial charge in [0.05, 0.1) is 11.4 Å². The molecule has 2 aliphatic rings. The summed E-state index contributed by atoms with van der Waals surface area (Å²) < 4.78 is 10.6. The van der Waals surface area contributed by atoms with Gasteiger partial charge in [-0.25, -0.2) is 0 Å². The second kappa shape index (κ2) is 3.51. The van der Waals surface area contributed by atoms with Crippen LogP contribution in [0, 0.1) is 0 Å². The molecule has 14 heavy (non-hydrogen) atoms. The van der Waals surface area contributed by atoms with Gasteiger partial charge in [-0.05, 0) is 33.1 Å². The minimum absolute atomic E-state index is 0.195. The lowest BCUT2D eigenvalue weighted by atomic mass is 9.84. The predicted octanol–water partition coefficient (Wildman–Crippen LogP) is 1.95. The third-order valence-electron chi connectivity index (χ3n) is 2.87. The van der Waals surface area contributed by atoms with E-state index in [2.05, 4.69) is 0 Å². The Kier molecular flexibility index (Phi) is 2.62. The molecule has 0 aliphatic carbocycles. The number of carbonyl (C=O) groups excluding carboxylic acids is 1. The standard InChI is InChI=1S/C10H16O3S/c1-9(2)8(11)10(7-13-14-9)5-3-4-6-12-10/h3-7H2,1-2H3. The van der Waals surface area contributed by atoms with Crippen LogP contribution in [0.5, 0.6) is 0 Å². The molecule has 2 fully saturated rings. The summed E-state index contributed by atoms with van der Waals surface area (Å²) in [4.78, 5) is 12.2. The van der Waals surface area contributed by atoms with Crippen LogP contribution in [0.25, 0.3) is 0 Å². The van der Waals surface area contributed by atoms with Crippen molar-refractivity contribution in [2.24, 2.45) is 0 Å². The van der Waals surface area contributed by atoms with Crippen LogP contribution in [-0.2, 0) is 13.7 Å². The van der Waals surface area contributed by atoms with Gasteiger partial charge in [0.1, 0.15) is 0 Å². The summed E-state index contributed by atoms with van der Waals surface area (Å²) in [5, 5.41) is 0. The van der Waals surface area contributed by atoms with Gasteiger partial charge in [-0.15, -0.1) is 0 Å². The molecule has 0 radical (unpaired) electrons. The normalized spacial score (nSPS) is 37.4. The molecule has 0 amide bonds. The lowest BCUT2D eigenvalue weighted by Crippen LogP contribution is -2.57. The van der Waals surface area contributed by atoms with Gasteiger partial charge in [-0.2, -0.15) is 0 Å². The minimum atomic E-state index is -0.632. The molecule has 0 N–H and O–H groups in total. The second-order valence-electron chi connectivity index (χ2n) is 4.48. The SMILES string of the molecule is CC1(C)SOCC2(CCCCO2)C1=O. The van der Waals surface area contributed by atoms with Crippen LogP contribution in [0.2, 0.25) is 0 Å². The smallest absolute Gasteiger partial charge is 0.184 e. The summed E-state index contributed by atoms with van der Waals surface area (Å²) in [7, 11) is 0. The van der Waals surface area contributed by atoms with Gasteiger partial charge in [0.2, 0.25) is 0 Å². The molecule has 2 saturated heterocycles. The lowest BCUT2D eigenvalue weighted by Gasteiger charge is -2.43. The van der Waals surface area contributed by atoms with Crippen LogP contribution in [0.15, 0.2) is 0 Å². The third kappa shape index (κ3) is 1.59. The van der Waals surface area contributed by atoms with E-state index < -0.39 is 10.3 Å². The van der Waals surface area contributed by atoms with Gasteiger partial charge in [0, 0.05) is 18.6 Å². The van der Waals surface area contributed by atoms with Gasteiger partial charge < -0.3 is 8.92 Å². The Morgan fingerprint density at radius 2 is 2.14 bits per heavy atom. The number of Topliss-reactive ketones (excluding diaryl/α,β-unsaturated/α-hetero) is 1. The van der Waals surface area contributed by atoms with E-state index in [-0.39, 0.29) is 5.78 Å². The largest absolute Gasteiger partial charge is 0.365 e. The third-order valence-corrected chi connectivity index (χ3v) is 3.71. The zero-order chi connectivity index (χ0) is 10.2. The van der Waals surface area contributed by atoms with E-state index >= 15 is 0 Å². The molecule has 0 bridgehead atoms. The molecule has 4 heteroatoms. The highest BCUT2D eigenvalue weighted by Crippen LogP contribution is 2.41. The van der Waals surface area contributed by atoms with Crippen molar-refractivity contribution >= 4 is 17.8 Å². The summed E-state index contributed by atoms with van der Waals surface area (Å²) in [5.74, 6) is 0.195. The molecule has 1 spiro atoms. The predicted molar refractivity (Wildman–Crippen MR) is 55.2 cm³/mol. The Morgan fingerprint density at radius 3 is 2.79 bits per heavy atom.